The summed E-state index contributed by atoms with van der Waals surface area (Å²) in [6.07, 6.45) is 5.11. The number of hydrogen-bond acceptors (Lipinski definition) is 2. The van der Waals surface area contributed by atoms with E-state index in [0.717, 1.165) is 13.0 Å². The summed E-state index contributed by atoms with van der Waals surface area (Å²) in [4.78, 5) is 0. The highest BCUT2D eigenvalue weighted by atomic mass is 15.2. The van der Waals surface area contributed by atoms with Gasteiger partial charge in [-0.05, 0) is 24.4 Å². The highest BCUT2D eigenvalue weighted by Gasteiger charge is 2.13. The Morgan fingerprint density at radius 3 is 2.64 bits per heavy atom. The van der Waals surface area contributed by atoms with E-state index in [9.17, 15) is 0 Å². The molecule has 0 amide bonds. The van der Waals surface area contributed by atoms with Gasteiger partial charge in [0.05, 0.1) is 6.20 Å². The van der Waals surface area contributed by atoms with Crippen LogP contribution in [0.1, 0.15) is 26.3 Å². The maximum atomic E-state index is 4.18. The van der Waals surface area contributed by atoms with E-state index in [0.29, 0.717) is 12.0 Å². The van der Waals surface area contributed by atoms with E-state index in [1.165, 1.54) is 5.56 Å². The van der Waals surface area contributed by atoms with Gasteiger partial charge in [-0.1, -0.05) is 20.8 Å². The summed E-state index contributed by atoms with van der Waals surface area (Å²) in [5, 5.41) is 7.68. The predicted molar refractivity (Wildman–Crippen MR) is 59.2 cm³/mol. The van der Waals surface area contributed by atoms with Crippen molar-refractivity contribution in [1.29, 1.82) is 0 Å². The molecule has 1 unspecified atom stereocenters. The SMILES string of the molecule is CCNC(Cc1cnn(C)c1)C(C)C. The third kappa shape index (κ3) is 3.14. The van der Waals surface area contributed by atoms with Crippen LogP contribution in [0.4, 0.5) is 0 Å². The van der Waals surface area contributed by atoms with Crippen molar-refractivity contribution in [2.45, 2.75) is 33.2 Å². The summed E-state index contributed by atoms with van der Waals surface area (Å²) in [6.45, 7) is 7.69. The van der Waals surface area contributed by atoms with Gasteiger partial charge in [-0.3, -0.25) is 4.68 Å². The summed E-state index contributed by atoms with van der Waals surface area (Å²) < 4.78 is 1.86. The Morgan fingerprint density at radius 1 is 1.50 bits per heavy atom. The van der Waals surface area contributed by atoms with Crippen molar-refractivity contribution in [2.75, 3.05) is 6.54 Å². The molecule has 0 bridgehead atoms. The smallest absolute Gasteiger partial charge is 0.0522 e. The van der Waals surface area contributed by atoms with Crippen LogP contribution in [0.2, 0.25) is 0 Å². The maximum Gasteiger partial charge on any atom is 0.0522 e. The van der Waals surface area contributed by atoms with Gasteiger partial charge in [0.2, 0.25) is 0 Å². The van der Waals surface area contributed by atoms with Gasteiger partial charge >= 0.3 is 0 Å². The molecule has 0 saturated heterocycles. The van der Waals surface area contributed by atoms with Crippen LogP contribution in [0, 0.1) is 5.92 Å². The van der Waals surface area contributed by atoms with Gasteiger partial charge in [-0.15, -0.1) is 0 Å². The molecule has 0 saturated carbocycles. The molecule has 0 aliphatic heterocycles. The highest BCUT2D eigenvalue weighted by molar-refractivity contribution is 5.06. The lowest BCUT2D eigenvalue weighted by molar-refractivity contribution is 0.405. The number of hydrogen-bond donors (Lipinski definition) is 1. The minimum Gasteiger partial charge on any atom is -0.314 e. The predicted octanol–water partition coefficient (Wildman–Crippen LogP) is 1.60. The summed E-state index contributed by atoms with van der Waals surface area (Å²) >= 11 is 0. The third-order valence-electron chi connectivity index (χ3n) is 2.49. The lowest BCUT2D eigenvalue weighted by Gasteiger charge is -2.20. The fraction of sp³-hybridized carbons (Fsp3) is 0.727. The second-order valence-corrected chi connectivity index (χ2v) is 4.13. The van der Waals surface area contributed by atoms with Crippen LogP contribution in [-0.2, 0) is 13.5 Å². The molecule has 1 aromatic heterocycles. The Morgan fingerprint density at radius 2 is 2.21 bits per heavy atom. The molecule has 0 aliphatic carbocycles. The molecule has 0 spiro atoms. The average Bonchev–Trinajstić information content (AvgIpc) is 2.50. The van der Waals surface area contributed by atoms with E-state index in [4.69, 9.17) is 0 Å². The molecule has 3 heteroatoms. The molecule has 0 radical (unpaired) electrons. The highest BCUT2D eigenvalue weighted by Crippen LogP contribution is 2.09. The lowest BCUT2D eigenvalue weighted by atomic mass is 9.98. The average molecular weight is 195 g/mol. The number of nitrogens with zero attached hydrogens (tertiary/aromatic N) is 2. The summed E-state index contributed by atoms with van der Waals surface area (Å²) in [5.41, 5.74) is 1.31. The molecule has 1 aromatic rings. The first-order chi connectivity index (χ1) is 6.63. The Kier molecular flexibility index (Phi) is 4.14. The number of aryl methyl sites for hydroxylation is 1. The Bertz CT molecular complexity index is 265. The van der Waals surface area contributed by atoms with E-state index < -0.39 is 0 Å². The van der Waals surface area contributed by atoms with Crippen LogP contribution in [0.25, 0.3) is 0 Å². The van der Waals surface area contributed by atoms with Crippen LogP contribution >= 0.6 is 0 Å². The van der Waals surface area contributed by atoms with Gasteiger partial charge in [0.15, 0.2) is 0 Å². The largest absolute Gasteiger partial charge is 0.314 e. The topological polar surface area (TPSA) is 29.9 Å². The zero-order valence-corrected chi connectivity index (χ0v) is 9.62. The Hall–Kier alpha value is -0.830. The molecule has 3 nitrogen and oxygen atoms in total. The molecule has 0 aromatic carbocycles. The standard InChI is InChI=1S/C11H21N3/c1-5-12-11(9(2)3)6-10-7-13-14(4)8-10/h7-9,11-12H,5-6H2,1-4H3. The normalized spacial score (nSPS) is 13.5. The molecular formula is C11H21N3. The second-order valence-electron chi connectivity index (χ2n) is 4.13. The number of rotatable bonds is 5. The van der Waals surface area contributed by atoms with E-state index in [-0.39, 0.29) is 0 Å². The molecule has 14 heavy (non-hydrogen) atoms. The van der Waals surface area contributed by atoms with E-state index in [2.05, 4.69) is 37.4 Å². The van der Waals surface area contributed by atoms with Gasteiger partial charge in [0.25, 0.3) is 0 Å². The minimum atomic E-state index is 0.559. The zero-order valence-electron chi connectivity index (χ0n) is 9.62. The monoisotopic (exact) mass is 195 g/mol. The second kappa shape index (κ2) is 5.15. The molecule has 0 fully saturated rings. The first-order valence-corrected chi connectivity index (χ1v) is 5.34. The number of nitrogens with one attached hydrogen (secondary N) is 1. The third-order valence-corrected chi connectivity index (χ3v) is 2.49. The fourth-order valence-corrected chi connectivity index (χ4v) is 1.64. The van der Waals surface area contributed by atoms with Crippen LogP contribution in [0.5, 0.6) is 0 Å². The molecule has 1 rings (SSSR count). The fourth-order valence-electron chi connectivity index (χ4n) is 1.64. The molecule has 0 aliphatic rings. The van der Waals surface area contributed by atoms with Crippen molar-refractivity contribution in [3.63, 3.8) is 0 Å². The summed E-state index contributed by atoms with van der Waals surface area (Å²) in [5.74, 6) is 0.662. The van der Waals surface area contributed by atoms with Gasteiger partial charge in [-0.25, -0.2) is 0 Å². The molecule has 1 atom stereocenters. The Balaban J connectivity index is 2.55. The summed E-state index contributed by atoms with van der Waals surface area (Å²) in [7, 11) is 1.96. The van der Waals surface area contributed by atoms with Crippen LogP contribution in [0.15, 0.2) is 12.4 Å². The van der Waals surface area contributed by atoms with Crippen molar-refractivity contribution in [3.05, 3.63) is 18.0 Å². The molecular weight excluding hydrogens is 174 g/mol. The van der Waals surface area contributed by atoms with Crippen molar-refractivity contribution >= 4 is 0 Å². The van der Waals surface area contributed by atoms with Crippen molar-refractivity contribution in [1.82, 2.24) is 15.1 Å². The summed E-state index contributed by atoms with van der Waals surface area (Å²) in [6, 6.07) is 0.559. The molecule has 1 N–H and O–H groups in total. The van der Waals surface area contributed by atoms with Gasteiger partial charge in [0, 0.05) is 19.3 Å². The van der Waals surface area contributed by atoms with Crippen molar-refractivity contribution in [2.24, 2.45) is 13.0 Å². The van der Waals surface area contributed by atoms with E-state index in [1.807, 2.05) is 17.9 Å². The lowest BCUT2D eigenvalue weighted by Crippen LogP contribution is -2.35. The zero-order chi connectivity index (χ0) is 10.6. The quantitative estimate of drug-likeness (QED) is 0.773. The van der Waals surface area contributed by atoms with E-state index in [1.54, 1.807) is 0 Å². The number of likely N-dealkylation sites (N-methyl/N-ethyl adjacent to an activating group) is 1. The van der Waals surface area contributed by atoms with Crippen LogP contribution in [-0.4, -0.2) is 22.4 Å². The molecule has 1 heterocycles. The van der Waals surface area contributed by atoms with Gasteiger partial charge in [0.1, 0.15) is 0 Å². The van der Waals surface area contributed by atoms with Gasteiger partial charge < -0.3 is 5.32 Å². The van der Waals surface area contributed by atoms with Crippen LogP contribution < -0.4 is 5.32 Å². The molecule has 80 valence electrons. The van der Waals surface area contributed by atoms with E-state index >= 15 is 0 Å². The maximum absolute atomic E-state index is 4.18. The van der Waals surface area contributed by atoms with Crippen molar-refractivity contribution < 1.29 is 0 Å². The van der Waals surface area contributed by atoms with Gasteiger partial charge in [-0.2, -0.15) is 5.10 Å². The Labute approximate surface area is 86.5 Å². The first kappa shape index (κ1) is 11.2. The van der Waals surface area contributed by atoms with Crippen molar-refractivity contribution in [3.8, 4) is 0 Å². The number of aromatic nitrogens is 2. The van der Waals surface area contributed by atoms with Crippen LogP contribution in [0.3, 0.4) is 0 Å². The first-order valence-electron chi connectivity index (χ1n) is 5.34. The minimum absolute atomic E-state index is 0.559.